The molecule has 2 aromatic carbocycles. The number of ether oxygens (including phenoxy) is 3. The van der Waals surface area contributed by atoms with Crippen molar-refractivity contribution in [2.45, 2.75) is 51.5 Å². The lowest BCUT2D eigenvalue weighted by atomic mass is 9.82. The Morgan fingerprint density at radius 3 is 2.43 bits per heavy atom. The van der Waals surface area contributed by atoms with Crippen molar-refractivity contribution in [3.05, 3.63) is 59.2 Å². The van der Waals surface area contributed by atoms with E-state index in [1.807, 2.05) is 18.2 Å². The fraction of sp³-hybridized carbons (Fsp3) is 0.500. The number of aryl methyl sites for hydroxylation is 1. The van der Waals surface area contributed by atoms with Crippen LogP contribution in [-0.4, -0.2) is 78.2 Å². The van der Waals surface area contributed by atoms with Gasteiger partial charge >= 0.3 is 12.3 Å². The Kier molecular flexibility index (Phi) is 13.2. The molecule has 2 fully saturated rings. The Morgan fingerprint density at radius 1 is 0.980 bits per heavy atom. The van der Waals surface area contributed by atoms with Crippen LogP contribution in [0.1, 0.15) is 42.4 Å². The normalized spacial score (nSPS) is 19.1. The Hall–Kier alpha value is -3.52. The average Bonchev–Trinajstić information content (AvgIpc) is 3.05. The van der Waals surface area contributed by atoms with Gasteiger partial charge in [0.1, 0.15) is 23.9 Å². The summed E-state index contributed by atoms with van der Waals surface area (Å²) in [6.07, 6.45) is 0.307. The summed E-state index contributed by atoms with van der Waals surface area (Å²) >= 11 is 0. The number of hydrogen-bond donors (Lipinski definition) is 2. The monoisotopic (exact) mass is 727 g/mol. The highest BCUT2D eigenvalue weighted by molar-refractivity contribution is 5.85. The maximum atomic E-state index is 12.4. The maximum Gasteiger partial charge on any atom is 0.573 e. The molecule has 2 aliphatic carbocycles. The van der Waals surface area contributed by atoms with E-state index in [0.29, 0.717) is 31.3 Å². The number of halogens is 5. The summed E-state index contributed by atoms with van der Waals surface area (Å²) in [6.45, 7) is 5.68. The lowest BCUT2D eigenvalue weighted by molar-refractivity contribution is -0.274. The smallest absolute Gasteiger partial charge is 0.489 e. The van der Waals surface area contributed by atoms with E-state index in [1.54, 1.807) is 12.1 Å². The van der Waals surface area contributed by atoms with Crippen LogP contribution in [0.25, 0.3) is 11.3 Å². The second kappa shape index (κ2) is 16.9. The highest BCUT2D eigenvalue weighted by Crippen LogP contribution is 2.39. The molecule has 6 rings (SSSR count). The summed E-state index contributed by atoms with van der Waals surface area (Å²) in [6, 6.07) is 11.5. The zero-order chi connectivity index (χ0) is 33.0. The number of alkyl halides is 3. The van der Waals surface area contributed by atoms with Gasteiger partial charge in [-0.05, 0) is 79.5 Å². The predicted molar refractivity (Wildman–Crippen MR) is 184 cm³/mol. The molecule has 1 saturated carbocycles. The topological polar surface area (TPSA) is 123 Å². The van der Waals surface area contributed by atoms with Crippen LogP contribution >= 0.6 is 24.8 Å². The molecular weight excluding hydrogens is 686 g/mol. The zero-order valence-electron chi connectivity index (χ0n) is 27.0. The molecule has 2 heterocycles. The number of nitrogens with zero attached hydrogens (tertiary/aromatic N) is 4. The number of aliphatic carboxylic acids is 1. The minimum Gasteiger partial charge on any atom is -0.489 e. The Balaban J connectivity index is 0.00000270. The molecule has 49 heavy (non-hydrogen) atoms. The number of carboxylic acid groups (broad SMARTS) is 1. The maximum absolute atomic E-state index is 12.4. The van der Waals surface area contributed by atoms with Crippen molar-refractivity contribution in [3.63, 3.8) is 0 Å². The van der Waals surface area contributed by atoms with E-state index in [9.17, 15) is 23.1 Å². The standard InChI is InChI=1S/C34H40F3N5O5.2ClH/c35-34(36,37)47-26-7-4-22(5-8-26)21-46-27-9-11-28-24(19-27)6-10-29-30(28)39-33(38)40-31(29)42-14-12-41(13-15-42)16-17-45-20-23-2-1-3-25(18-23)32(43)44;;/h4-5,7-9,11,19,23,25H,1-3,6,10,12-18,20-21H2,(H,43,44)(H2,38,39,40);2*1H/t23-,25-;;/m0../s1. The molecule has 15 heteroatoms. The first-order valence-electron chi connectivity index (χ1n) is 16.2. The van der Waals surface area contributed by atoms with E-state index in [4.69, 9.17) is 15.2 Å². The first-order valence-corrected chi connectivity index (χ1v) is 16.2. The summed E-state index contributed by atoms with van der Waals surface area (Å²) in [5.74, 6) is 0.917. The molecule has 10 nitrogen and oxygen atoms in total. The molecule has 3 aliphatic rings. The first-order chi connectivity index (χ1) is 22.6. The number of piperazine rings is 1. The van der Waals surface area contributed by atoms with Crippen LogP contribution in [0.2, 0.25) is 0 Å². The van der Waals surface area contributed by atoms with Crippen LogP contribution in [0.5, 0.6) is 11.5 Å². The second-order valence-electron chi connectivity index (χ2n) is 12.5. The van der Waals surface area contributed by atoms with Gasteiger partial charge in [0.25, 0.3) is 0 Å². The summed E-state index contributed by atoms with van der Waals surface area (Å²) in [7, 11) is 0. The number of nitrogens with two attached hydrogens (primary N) is 1. The number of carbonyl (C=O) groups is 1. The third-order valence-corrected chi connectivity index (χ3v) is 9.25. The van der Waals surface area contributed by atoms with Gasteiger partial charge in [-0.25, -0.2) is 4.98 Å². The van der Waals surface area contributed by atoms with Crippen LogP contribution in [0.3, 0.4) is 0 Å². The van der Waals surface area contributed by atoms with E-state index < -0.39 is 12.3 Å². The molecule has 3 aromatic rings. The number of anilines is 2. The van der Waals surface area contributed by atoms with Crippen molar-refractivity contribution >= 4 is 42.5 Å². The van der Waals surface area contributed by atoms with Crippen molar-refractivity contribution in [1.82, 2.24) is 14.9 Å². The quantitative estimate of drug-likeness (QED) is 0.222. The van der Waals surface area contributed by atoms with Crippen LogP contribution < -0.4 is 20.1 Å². The number of fused-ring (bicyclic) bond motifs is 3. The highest BCUT2D eigenvalue weighted by Gasteiger charge is 2.31. The molecule has 0 radical (unpaired) electrons. The van der Waals surface area contributed by atoms with Gasteiger partial charge in [-0.1, -0.05) is 18.6 Å². The fourth-order valence-electron chi connectivity index (χ4n) is 6.81. The van der Waals surface area contributed by atoms with Gasteiger partial charge in [0.15, 0.2) is 0 Å². The minimum atomic E-state index is -4.73. The summed E-state index contributed by atoms with van der Waals surface area (Å²) < 4.78 is 53.2. The van der Waals surface area contributed by atoms with Gasteiger partial charge < -0.3 is 30.0 Å². The van der Waals surface area contributed by atoms with Crippen molar-refractivity contribution in [3.8, 4) is 22.8 Å². The lowest BCUT2D eigenvalue weighted by Crippen LogP contribution is -2.48. The number of aromatic nitrogens is 2. The second-order valence-corrected chi connectivity index (χ2v) is 12.5. The Morgan fingerprint density at radius 2 is 1.71 bits per heavy atom. The third-order valence-electron chi connectivity index (χ3n) is 9.25. The largest absolute Gasteiger partial charge is 0.573 e. The van der Waals surface area contributed by atoms with Crippen LogP contribution in [0.15, 0.2) is 42.5 Å². The lowest BCUT2D eigenvalue weighted by Gasteiger charge is -2.37. The van der Waals surface area contributed by atoms with E-state index in [1.165, 1.54) is 12.1 Å². The molecule has 0 bridgehead atoms. The van der Waals surface area contributed by atoms with Crippen molar-refractivity contribution in [1.29, 1.82) is 0 Å². The molecular formula is C34H42Cl2F3N5O5. The van der Waals surface area contributed by atoms with Gasteiger partial charge in [0.2, 0.25) is 5.95 Å². The minimum absolute atomic E-state index is 0. The molecule has 0 unspecified atom stereocenters. The fourth-order valence-corrected chi connectivity index (χ4v) is 6.81. The molecule has 0 amide bonds. The first kappa shape index (κ1) is 38.3. The van der Waals surface area contributed by atoms with Crippen LogP contribution in [-0.2, 0) is 29.0 Å². The average molecular weight is 729 g/mol. The van der Waals surface area contributed by atoms with E-state index >= 15 is 0 Å². The molecule has 0 spiro atoms. The summed E-state index contributed by atoms with van der Waals surface area (Å²) in [4.78, 5) is 25.3. The number of benzene rings is 2. The van der Waals surface area contributed by atoms with Gasteiger partial charge in [0, 0.05) is 50.5 Å². The predicted octanol–water partition coefficient (Wildman–Crippen LogP) is 6.18. The van der Waals surface area contributed by atoms with E-state index in [2.05, 4.69) is 24.5 Å². The number of hydrogen-bond acceptors (Lipinski definition) is 9. The molecule has 1 aliphatic heterocycles. The third kappa shape index (κ3) is 10.0. The van der Waals surface area contributed by atoms with Gasteiger partial charge in [0.05, 0.1) is 18.2 Å². The Labute approximate surface area is 295 Å². The molecule has 268 valence electrons. The molecule has 1 saturated heterocycles. The van der Waals surface area contributed by atoms with Gasteiger partial charge in [-0.15, -0.1) is 38.0 Å². The molecule has 1 aromatic heterocycles. The van der Waals surface area contributed by atoms with Gasteiger partial charge in [-0.2, -0.15) is 4.98 Å². The van der Waals surface area contributed by atoms with Crippen LogP contribution in [0.4, 0.5) is 24.9 Å². The zero-order valence-corrected chi connectivity index (χ0v) is 28.6. The number of carboxylic acids is 1. The summed E-state index contributed by atoms with van der Waals surface area (Å²) in [5.41, 5.74) is 10.9. The van der Waals surface area contributed by atoms with E-state index in [0.717, 1.165) is 98.6 Å². The van der Waals surface area contributed by atoms with E-state index in [-0.39, 0.29) is 49.0 Å². The molecule has 2 atom stereocenters. The molecule has 3 N–H and O–H groups in total. The Bertz CT molecular complexity index is 1560. The summed E-state index contributed by atoms with van der Waals surface area (Å²) in [5, 5.41) is 9.32. The van der Waals surface area contributed by atoms with Crippen LogP contribution in [0, 0.1) is 11.8 Å². The number of nitrogen functional groups attached to an aromatic ring is 1. The SMILES string of the molecule is Cl.Cl.Nc1nc2c(c(N3CCN(CCOC[C@H]4CCC[C@H](C(=O)O)C4)CC3)n1)CCc1cc(OCc3ccc(OC(F)(F)F)cc3)ccc1-2. The van der Waals surface area contributed by atoms with Crippen molar-refractivity contribution in [2.24, 2.45) is 11.8 Å². The van der Waals surface area contributed by atoms with Crippen molar-refractivity contribution < 1.29 is 37.3 Å². The van der Waals surface area contributed by atoms with Crippen molar-refractivity contribution in [2.75, 3.05) is 56.6 Å². The van der Waals surface area contributed by atoms with Gasteiger partial charge in [-0.3, -0.25) is 9.69 Å². The number of rotatable bonds is 11. The highest BCUT2D eigenvalue weighted by atomic mass is 35.5.